The first kappa shape index (κ1) is 21.0. The number of hydrogen-bond acceptors (Lipinski definition) is 7. The fourth-order valence-corrected chi connectivity index (χ4v) is 6.64. The highest BCUT2D eigenvalue weighted by Crippen LogP contribution is 2.30. The molecule has 3 aromatic heterocycles. The fraction of sp³-hybridized carbons (Fsp3) is 0.333. The molecule has 32 heavy (non-hydrogen) atoms. The van der Waals surface area contributed by atoms with Crippen molar-refractivity contribution in [3.05, 3.63) is 69.1 Å². The molecule has 1 saturated heterocycles. The number of thiophene rings is 1. The summed E-state index contributed by atoms with van der Waals surface area (Å²) in [5.41, 5.74) is 2.41. The van der Waals surface area contributed by atoms with Crippen LogP contribution < -0.4 is 5.56 Å². The first-order valence-electron chi connectivity index (χ1n) is 10.3. The Hall–Kier alpha value is -2.89. The standard InChI is InChI=1S/C21H22N6O3S2/c1-14-6-8-15(9-7-14)12-27-20-18(24-25-27)21(28)23-19(22-20)16-4-2-10-26(13-16)32(29,30)17-5-3-11-31-17/h3,5-9,11,16H,2,4,10,12-13H2,1H3,(H,22,23,28)/t16-/m1/s1. The molecule has 4 aromatic rings. The first-order chi connectivity index (χ1) is 15.4. The van der Waals surface area contributed by atoms with Gasteiger partial charge in [-0.15, -0.1) is 16.4 Å². The summed E-state index contributed by atoms with van der Waals surface area (Å²) in [5, 5.41) is 9.89. The summed E-state index contributed by atoms with van der Waals surface area (Å²) >= 11 is 1.21. The van der Waals surface area contributed by atoms with Gasteiger partial charge in [-0.3, -0.25) is 4.79 Å². The van der Waals surface area contributed by atoms with Gasteiger partial charge in [0, 0.05) is 19.0 Å². The van der Waals surface area contributed by atoms with Crippen LogP contribution in [0.3, 0.4) is 0 Å². The lowest BCUT2D eigenvalue weighted by atomic mass is 9.99. The van der Waals surface area contributed by atoms with E-state index >= 15 is 0 Å². The largest absolute Gasteiger partial charge is 0.308 e. The van der Waals surface area contributed by atoms with Crippen LogP contribution in [0.25, 0.3) is 11.2 Å². The van der Waals surface area contributed by atoms with Gasteiger partial charge in [-0.05, 0) is 36.8 Å². The van der Waals surface area contributed by atoms with Crippen LogP contribution in [0, 0.1) is 6.92 Å². The van der Waals surface area contributed by atoms with Crippen molar-refractivity contribution in [3.8, 4) is 0 Å². The van der Waals surface area contributed by atoms with Crippen LogP contribution in [0.1, 0.15) is 35.7 Å². The van der Waals surface area contributed by atoms with E-state index < -0.39 is 10.0 Å². The smallest absolute Gasteiger partial charge is 0.281 e. The number of sulfonamides is 1. The highest BCUT2D eigenvalue weighted by atomic mass is 32.2. The Bertz CT molecular complexity index is 1410. The van der Waals surface area contributed by atoms with Crippen molar-refractivity contribution in [1.82, 2.24) is 29.3 Å². The number of aromatic nitrogens is 5. The van der Waals surface area contributed by atoms with Gasteiger partial charge in [0.05, 0.1) is 6.54 Å². The number of aromatic amines is 1. The van der Waals surface area contributed by atoms with E-state index in [0.717, 1.165) is 17.5 Å². The molecule has 166 valence electrons. The minimum Gasteiger partial charge on any atom is -0.308 e. The molecule has 1 atom stereocenters. The van der Waals surface area contributed by atoms with Crippen LogP contribution in [0.5, 0.6) is 0 Å². The Morgan fingerprint density at radius 3 is 2.78 bits per heavy atom. The van der Waals surface area contributed by atoms with Gasteiger partial charge in [-0.2, -0.15) is 4.31 Å². The molecule has 0 saturated carbocycles. The molecule has 1 N–H and O–H groups in total. The molecule has 11 heteroatoms. The summed E-state index contributed by atoms with van der Waals surface area (Å²) in [4.78, 5) is 20.2. The van der Waals surface area contributed by atoms with Crippen molar-refractivity contribution in [2.45, 2.75) is 36.4 Å². The molecule has 0 amide bonds. The lowest BCUT2D eigenvalue weighted by Crippen LogP contribution is -2.39. The molecule has 9 nitrogen and oxygen atoms in total. The second-order valence-electron chi connectivity index (χ2n) is 7.99. The molecule has 0 unspecified atom stereocenters. The molecule has 0 bridgehead atoms. The van der Waals surface area contributed by atoms with Gasteiger partial charge in [-0.1, -0.05) is 41.1 Å². The van der Waals surface area contributed by atoms with E-state index in [1.807, 2.05) is 31.2 Å². The van der Waals surface area contributed by atoms with Gasteiger partial charge < -0.3 is 4.98 Å². The van der Waals surface area contributed by atoms with Crippen molar-refractivity contribution in [2.24, 2.45) is 0 Å². The van der Waals surface area contributed by atoms with Gasteiger partial charge in [0.15, 0.2) is 11.2 Å². The van der Waals surface area contributed by atoms with Crippen molar-refractivity contribution >= 4 is 32.5 Å². The van der Waals surface area contributed by atoms with Gasteiger partial charge in [0.1, 0.15) is 10.0 Å². The van der Waals surface area contributed by atoms with Gasteiger partial charge >= 0.3 is 0 Å². The van der Waals surface area contributed by atoms with Crippen LogP contribution in [0.15, 0.2) is 50.8 Å². The minimum absolute atomic E-state index is 0.180. The third-order valence-electron chi connectivity index (χ3n) is 5.71. The SMILES string of the molecule is Cc1ccc(Cn2nnc3c(=O)[nH]c([C@@H]4CCCN(S(=O)(=O)c5cccs5)C4)nc32)cc1. The predicted octanol–water partition coefficient (Wildman–Crippen LogP) is 2.50. The molecule has 0 aliphatic carbocycles. The van der Waals surface area contributed by atoms with Gasteiger partial charge in [0.25, 0.3) is 15.6 Å². The third kappa shape index (κ3) is 3.87. The van der Waals surface area contributed by atoms with Crippen molar-refractivity contribution < 1.29 is 8.42 Å². The van der Waals surface area contributed by atoms with Crippen LogP contribution in [-0.2, 0) is 16.6 Å². The van der Waals surface area contributed by atoms with E-state index in [1.165, 1.54) is 15.6 Å². The number of H-pyrrole nitrogens is 1. The van der Waals surface area contributed by atoms with E-state index in [1.54, 1.807) is 22.2 Å². The summed E-state index contributed by atoms with van der Waals surface area (Å²) in [5.74, 6) is 0.263. The molecule has 0 spiro atoms. The molecule has 5 rings (SSSR count). The van der Waals surface area contributed by atoms with Crippen molar-refractivity contribution in [1.29, 1.82) is 0 Å². The van der Waals surface area contributed by atoms with Crippen LogP contribution in [-0.4, -0.2) is 50.8 Å². The average Bonchev–Trinajstić information content (AvgIpc) is 3.47. The second kappa shape index (κ2) is 8.23. The maximum Gasteiger partial charge on any atom is 0.281 e. The molecule has 1 fully saturated rings. The number of benzene rings is 1. The highest BCUT2D eigenvalue weighted by molar-refractivity contribution is 7.91. The minimum atomic E-state index is -3.55. The third-order valence-corrected chi connectivity index (χ3v) is 8.94. The maximum atomic E-state index is 13.0. The maximum absolute atomic E-state index is 13.0. The zero-order valence-electron chi connectivity index (χ0n) is 17.4. The number of hydrogen-bond donors (Lipinski definition) is 1. The number of fused-ring (bicyclic) bond motifs is 1. The van der Waals surface area contributed by atoms with E-state index in [9.17, 15) is 13.2 Å². The topological polar surface area (TPSA) is 114 Å². The molecule has 0 radical (unpaired) electrons. The molecule has 1 aliphatic heterocycles. The number of nitrogens with one attached hydrogen (secondary N) is 1. The van der Waals surface area contributed by atoms with Crippen molar-refractivity contribution in [3.63, 3.8) is 0 Å². The summed E-state index contributed by atoms with van der Waals surface area (Å²) in [7, 11) is -3.55. The van der Waals surface area contributed by atoms with Crippen molar-refractivity contribution in [2.75, 3.05) is 13.1 Å². The predicted molar refractivity (Wildman–Crippen MR) is 121 cm³/mol. The van der Waals surface area contributed by atoms with Crippen LogP contribution in [0.4, 0.5) is 0 Å². The summed E-state index contributed by atoms with van der Waals surface area (Å²) in [6.07, 6.45) is 1.43. The summed E-state index contributed by atoms with van der Waals surface area (Å²) in [6.45, 7) is 3.19. The van der Waals surface area contributed by atoms with Crippen LogP contribution >= 0.6 is 11.3 Å². The van der Waals surface area contributed by atoms with E-state index in [-0.39, 0.29) is 23.5 Å². The molecule has 4 heterocycles. The summed E-state index contributed by atoms with van der Waals surface area (Å²) < 4.78 is 29.4. The Labute approximate surface area is 188 Å². The van der Waals surface area contributed by atoms with E-state index in [0.29, 0.717) is 35.2 Å². The Morgan fingerprint density at radius 2 is 2.03 bits per heavy atom. The van der Waals surface area contributed by atoms with E-state index in [2.05, 4.69) is 20.3 Å². The quantitative estimate of drug-likeness (QED) is 0.479. The van der Waals surface area contributed by atoms with Gasteiger partial charge in [0.2, 0.25) is 0 Å². The Kier molecular flexibility index (Phi) is 5.39. The molecule has 1 aliphatic rings. The fourth-order valence-electron chi connectivity index (χ4n) is 3.97. The lowest BCUT2D eigenvalue weighted by molar-refractivity contribution is 0.309. The zero-order valence-corrected chi connectivity index (χ0v) is 19.1. The first-order valence-corrected chi connectivity index (χ1v) is 12.7. The van der Waals surface area contributed by atoms with Gasteiger partial charge in [-0.25, -0.2) is 18.1 Å². The van der Waals surface area contributed by atoms with E-state index in [4.69, 9.17) is 0 Å². The normalized spacial score (nSPS) is 17.7. The zero-order chi connectivity index (χ0) is 22.3. The monoisotopic (exact) mass is 470 g/mol. The number of rotatable bonds is 5. The molecular weight excluding hydrogens is 448 g/mol. The van der Waals surface area contributed by atoms with Crippen LogP contribution in [0.2, 0.25) is 0 Å². The number of aryl methyl sites for hydroxylation is 1. The number of piperidine rings is 1. The highest BCUT2D eigenvalue weighted by Gasteiger charge is 2.33. The summed E-state index contributed by atoms with van der Waals surface area (Å²) in [6, 6.07) is 11.4. The Morgan fingerprint density at radius 1 is 1.22 bits per heavy atom. The average molecular weight is 471 g/mol. The lowest BCUT2D eigenvalue weighted by Gasteiger charge is -2.30. The second-order valence-corrected chi connectivity index (χ2v) is 11.1. The molecule has 1 aromatic carbocycles. The number of nitrogens with zero attached hydrogens (tertiary/aromatic N) is 5. The molecular formula is C21H22N6O3S2. The Balaban J connectivity index is 1.46.